The quantitative estimate of drug-likeness (QED) is 0.305. The van der Waals surface area contributed by atoms with E-state index in [4.69, 9.17) is 12.2 Å². The Labute approximate surface area is 217 Å². The molecule has 4 N–H and O–H groups in total. The van der Waals surface area contributed by atoms with E-state index in [1.165, 1.54) is 40.6 Å². The number of nitrogens with one attached hydrogen (secondary N) is 2. The van der Waals surface area contributed by atoms with Crippen LogP contribution in [0.3, 0.4) is 0 Å². The molecule has 188 valence electrons. The number of fused-ring (bicyclic) bond motifs is 1. The van der Waals surface area contributed by atoms with Crippen molar-refractivity contribution in [3.63, 3.8) is 0 Å². The zero-order valence-corrected chi connectivity index (χ0v) is 22.0. The van der Waals surface area contributed by atoms with Gasteiger partial charge in [0.2, 0.25) is 5.91 Å². The summed E-state index contributed by atoms with van der Waals surface area (Å²) in [4.78, 5) is 41.7. The number of rotatable bonds is 7. The molecule has 0 bridgehead atoms. The van der Waals surface area contributed by atoms with Gasteiger partial charge in [-0.05, 0) is 42.5 Å². The highest BCUT2D eigenvalue weighted by Gasteiger charge is 2.54. The topological polar surface area (TPSA) is 122 Å². The molecule has 2 amide bonds. The van der Waals surface area contributed by atoms with Crippen LogP contribution in [0.1, 0.15) is 38.8 Å². The van der Waals surface area contributed by atoms with Gasteiger partial charge >= 0.3 is 5.97 Å². The maximum atomic E-state index is 13.8. The van der Waals surface area contributed by atoms with Crippen LogP contribution in [0.2, 0.25) is 0 Å². The lowest BCUT2D eigenvalue weighted by atomic mass is 9.99. The Balaban J connectivity index is 1.60. The molecule has 3 aliphatic heterocycles. The summed E-state index contributed by atoms with van der Waals surface area (Å²) in [7, 11) is 0. The number of carbonyl (C=O) groups is 3. The number of benzene rings is 1. The average Bonchev–Trinajstić information content (AvgIpc) is 2.79. The van der Waals surface area contributed by atoms with Gasteiger partial charge in [-0.15, -0.1) is 11.8 Å². The Morgan fingerprint density at radius 1 is 1.29 bits per heavy atom. The number of nitrogens with zero attached hydrogens (tertiary/aromatic N) is 2. The SMILES string of the molecule is CC1=C(C(=O)O)N2C(=O)[C@@H](NC(=O)C(c3ccc(O)cc3)N3CSC(=S)NC3CC(C)C)[C@H]2SC1. The molecule has 0 aliphatic carbocycles. The lowest BCUT2D eigenvalue weighted by Crippen LogP contribution is -2.71. The predicted molar refractivity (Wildman–Crippen MR) is 139 cm³/mol. The third-order valence-electron chi connectivity index (χ3n) is 6.17. The van der Waals surface area contributed by atoms with Crippen LogP contribution in [0.25, 0.3) is 0 Å². The number of amides is 2. The molecule has 2 fully saturated rings. The number of carboxylic acid groups (broad SMARTS) is 1. The van der Waals surface area contributed by atoms with E-state index in [1.807, 2.05) is 4.90 Å². The summed E-state index contributed by atoms with van der Waals surface area (Å²) in [5, 5.41) is 25.1. The molecule has 9 nitrogen and oxygen atoms in total. The first kappa shape index (κ1) is 25.8. The molecule has 35 heavy (non-hydrogen) atoms. The number of thioether (sulfide) groups is 2. The summed E-state index contributed by atoms with van der Waals surface area (Å²) in [6.45, 7) is 5.89. The minimum Gasteiger partial charge on any atom is -0.508 e. The van der Waals surface area contributed by atoms with E-state index < -0.39 is 29.3 Å². The zero-order chi connectivity index (χ0) is 25.4. The van der Waals surface area contributed by atoms with Crippen LogP contribution in [0.4, 0.5) is 0 Å². The van der Waals surface area contributed by atoms with Crippen molar-refractivity contribution < 1.29 is 24.6 Å². The smallest absolute Gasteiger partial charge is 0.352 e. The molecule has 4 rings (SSSR count). The standard InChI is InChI=1S/C23H28N4O5S3/c1-11(2)8-15-24-23(33)35-10-26(15)18(13-4-6-14(28)7-5-13)19(29)25-16-20(30)27-17(22(31)32)12(3)9-34-21(16)27/h4-7,11,15-16,18,21,28H,8-10H2,1-3H3,(H,24,33)(H,25,29)(H,31,32)/t15?,16-,18?,21-/m1/s1. The molecule has 2 unspecified atom stereocenters. The predicted octanol–water partition coefficient (Wildman–Crippen LogP) is 2.44. The lowest BCUT2D eigenvalue weighted by molar-refractivity contribution is -0.151. The van der Waals surface area contributed by atoms with Crippen LogP contribution >= 0.6 is 35.7 Å². The molecule has 2 saturated heterocycles. The normalized spacial score (nSPS) is 25.6. The van der Waals surface area contributed by atoms with Crippen molar-refractivity contribution in [2.24, 2.45) is 5.92 Å². The van der Waals surface area contributed by atoms with Crippen LogP contribution in [-0.2, 0) is 14.4 Å². The van der Waals surface area contributed by atoms with E-state index in [0.29, 0.717) is 33.0 Å². The highest BCUT2D eigenvalue weighted by atomic mass is 32.2. The van der Waals surface area contributed by atoms with E-state index in [0.717, 1.165) is 6.42 Å². The van der Waals surface area contributed by atoms with Crippen LogP contribution < -0.4 is 10.6 Å². The molecule has 0 spiro atoms. The number of aromatic hydroxyl groups is 1. The summed E-state index contributed by atoms with van der Waals surface area (Å²) in [5.74, 6) is -0.540. The summed E-state index contributed by atoms with van der Waals surface area (Å²) in [6, 6.07) is 4.90. The Morgan fingerprint density at radius 2 is 1.97 bits per heavy atom. The van der Waals surface area contributed by atoms with Crippen LogP contribution in [0.5, 0.6) is 5.75 Å². The summed E-state index contributed by atoms with van der Waals surface area (Å²) >= 11 is 8.25. The van der Waals surface area contributed by atoms with E-state index >= 15 is 0 Å². The van der Waals surface area contributed by atoms with Gasteiger partial charge in [-0.2, -0.15) is 0 Å². The Bertz CT molecular complexity index is 1080. The fourth-order valence-corrected chi connectivity index (χ4v) is 6.94. The van der Waals surface area contributed by atoms with Crippen molar-refractivity contribution in [2.45, 2.75) is 50.8 Å². The number of phenols is 1. The highest BCUT2D eigenvalue weighted by molar-refractivity contribution is 8.23. The molecule has 0 saturated carbocycles. The van der Waals surface area contributed by atoms with Crippen LogP contribution in [0.15, 0.2) is 35.5 Å². The van der Waals surface area contributed by atoms with Crippen LogP contribution in [0, 0.1) is 5.92 Å². The lowest BCUT2D eigenvalue weighted by Gasteiger charge is -2.50. The number of hydrogen-bond donors (Lipinski definition) is 4. The van der Waals surface area contributed by atoms with Gasteiger partial charge in [0.15, 0.2) is 0 Å². The largest absolute Gasteiger partial charge is 0.508 e. The van der Waals surface area contributed by atoms with Crippen molar-refractivity contribution in [2.75, 3.05) is 11.6 Å². The molecule has 12 heteroatoms. The first-order valence-electron chi connectivity index (χ1n) is 11.2. The third-order valence-corrected chi connectivity index (χ3v) is 8.88. The van der Waals surface area contributed by atoms with Crippen molar-refractivity contribution in [3.8, 4) is 5.75 Å². The minimum absolute atomic E-state index is 0.00136. The van der Waals surface area contributed by atoms with Gasteiger partial charge in [0.25, 0.3) is 5.91 Å². The average molecular weight is 537 g/mol. The van der Waals surface area contributed by atoms with Gasteiger partial charge in [0.1, 0.15) is 33.2 Å². The van der Waals surface area contributed by atoms with Crippen molar-refractivity contribution >= 4 is 57.8 Å². The van der Waals surface area contributed by atoms with Gasteiger partial charge in [-0.1, -0.05) is 50.0 Å². The highest BCUT2D eigenvalue weighted by Crippen LogP contribution is 2.41. The van der Waals surface area contributed by atoms with E-state index in [9.17, 15) is 24.6 Å². The molecule has 1 aromatic carbocycles. The van der Waals surface area contributed by atoms with Gasteiger partial charge in [-0.3, -0.25) is 19.4 Å². The number of aliphatic carboxylic acids is 1. The van der Waals surface area contributed by atoms with Crippen LogP contribution in [-0.4, -0.2) is 71.3 Å². The minimum atomic E-state index is -1.14. The number of carbonyl (C=O) groups excluding carboxylic acids is 2. The van der Waals surface area contributed by atoms with E-state index in [-0.39, 0.29) is 23.5 Å². The Morgan fingerprint density at radius 3 is 2.60 bits per heavy atom. The second kappa shape index (κ2) is 10.4. The molecule has 3 aliphatic rings. The van der Waals surface area contributed by atoms with Gasteiger partial charge in [0, 0.05) is 5.75 Å². The van der Waals surface area contributed by atoms with Crippen molar-refractivity contribution in [1.82, 2.24) is 20.4 Å². The summed E-state index contributed by atoms with van der Waals surface area (Å²) < 4.78 is 0.670. The molecular formula is C23H28N4O5S3. The second-order valence-corrected chi connectivity index (χ2v) is 11.9. The summed E-state index contributed by atoms with van der Waals surface area (Å²) in [5.41, 5.74) is 1.30. The molecule has 0 radical (unpaired) electrons. The fraction of sp³-hybridized carbons (Fsp3) is 0.478. The monoisotopic (exact) mass is 536 g/mol. The number of carboxylic acids is 1. The van der Waals surface area contributed by atoms with Gasteiger partial charge in [0.05, 0.1) is 12.0 Å². The van der Waals surface area contributed by atoms with E-state index in [2.05, 4.69) is 24.5 Å². The third kappa shape index (κ3) is 5.16. The van der Waals surface area contributed by atoms with Gasteiger partial charge < -0.3 is 20.8 Å². The summed E-state index contributed by atoms with van der Waals surface area (Å²) in [6.07, 6.45) is 0.568. The first-order chi connectivity index (χ1) is 16.6. The molecule has 3 heterocycles. The maximum absolute atomic E-state index is 13.8. The molecule has 0 aromatic heterocycles. The Hall–Kier alpha value is -2.28. The molecule has 1 aromatic rings. The van der Waals surface area contributed by atoms with Crippen molar-refractivity contribution in [1.29, 1.82) is 0 Å². The molecular weight excluding hydrogens is 508 g/mol. The molecule has 4 atom stereocenters. The van der Waals surface area contributed by atoms with E-state index in [1.54, 1.807) is 19.1 Å². The maximum Gasteiger partial charge on any atom is 0.352 e. The van der Waals surface area contributed by atoms with Crippen molar-refractivity contribution in [3.05, 3.63) is 41.1 Å². The number of hydrogen-bond acceptors (Lipinski definition) is 8. The number of thiocarbonyl (C=S) groups is 1. The number of phenolic OH excluding ortho intramolecular Hbond substituents is 1. The Kier molecular flexibility index (Phi) is 7.65. The first-order valence-corrected chi connectivity index (χ1v) is 13.7. The number of β-lactam (4-membered cyclic amide) rings is 1. The fourth-order valence-electron chi connectivity index (χ4n) is 4.54. The zero-order valence-electron chi connectivity index (χ0n) is 19.6. The second-order valence-electron chi connectivity index (χ2n) is 9.19. The van der Waals surface area contributed by atoms with Gasteiger partial charge in [-0.25, -0.2) is 4.79 Å².